The van der Waals surface area contributed by atoms with E-state index in [0.717, 1.165) is 10.9 Å². The molecule has 1 aliphatic heterocycles. The van der Waals surface area contributed by atoms with Gasteiger partial charge in [-0.2, -0.15) is 0 Å². The molecule has 1 aliphatic rings. The number of cyclic esters (lactones) is 1. The molecule has 5 heteroatoms. The van der Waals surface area contributed by atoms with Crippen LogP contribution in [0, 0.1) is 0 Å². The van der Waals surface area contributed by atoms with Crippen LogP contribution in [0.1, 0.15) is 0 Å². The number of carbonyl (C=O) groups is 1. The fraction of sp³-hybridized carbons (Fsp3) is 0.250. The van der Waals surface area contributed by atoms with E-state index >= 15 is 0 Å². The van der Waals surface area contributed by atoms with Crippen LogP contribution in [0.25, 0.3) is 10.9 Å². The topological polar surface area (TPSA) is 54.6 Å². The van der Waals surface area contributed by atoms with Crippen molar-refractivity contribution in [1.29, 1.82) is 0 Å². The zero-order valence-electron chi connectivity index (χ0n) is 9.18. The Hall–Kier alpha value is -2.17. The minimum atomic E-state index is -0.318. The molecule has 2 heterocycles. The van der Waals surface area contributed by atoms with Crippen LogP contribution in [0.5, 0.6) is 5.88 Å². The number of hydrogen-bond acceptors (Lipinski definition) is 3. The first-order valence-corrected chi connectivity index (χ1v) is 5.45. The molecule has 0 aliphatic carbocycles. The normalized spacial score (nSPS) is 15.3. The first-order valence-electron chi connectivity index (χ1n) is 5.45. The fourth-order valence-electron chi connectivity index (χ4n) is 1.81. The maximum Gasteiger partial charge on any atom is 0.412 e. The summed E-state index contributed by atoms with van der Waals surface area (Å²) in [4.78, 5) is 15.8. The molecule has 0 saturated carbocycles. The van der Waals surface area contributed by atoms with E-state index in [1.54, 1.807) is 0 Å². The molecule has 88 valence electrons. The number of rotatable bonds is 3. The first-order chi connectivity index (χ1) is 8.33. The number of fused-ring (bicyclic) bond motifs is 1. The lowest BCUT2D eigenvalue weighted by Crippen LogP contribution is -2.28. The highest BCUT2D eigenvalue weighted by atomic mass is 16.6. The Labute approximate surface area is 97.9 Å². The molecule has 3 rings (SSSR count). The van der Waals surface area contributed by atoms with Crippen molar-refractivity contribution in [2.24, 2.45) is 0 Å². The Balaban J connectivity index is 1.70. The maximum absolute atomic E-state index is 11.2. The molecule has 0 unspecified atom stereocenters. The number of benzene rings is 1. The van der Waals surface area contributed by atoms with Gasteiger partial charge in [0.25, 0.3) is 0 Å². The van der Waals surface area contributed by atoms with E-state index < -0.39 is 0 Å². The van der Waals surface area contributed by atoms with Crippen LogP contribution < -0.4 is 4.74 Å². The van der Waals surface area contributed by atoms with Gasteiger partial charge in [-0.1, -0.05) is 18.2 Å². The van der Waals surface area contributed by atoms with Crippen molar-refractivity contribution >= 4 is 17.0 Å². The van der Waals surface area contributed by atoms with Gasteiger partial charge in [0.2, 0.25) is 0 Å². The Morgan fingerprint density at radius 2 is 2.29 bits per heavy atom. The molecule has 2 aromatic rings. The molecular weight excluding hydrogens is 220 g/mol. The second-order valence-corrected chi connectivity index (χ2v) is 3.87. The third-order valence-electron chi connectivity index (χ3n) is 2.73. The highest BCUT2D eigenvalue weighted by Gasteiger charge is 2.22. The highest BCUT2D eigenvalue weighted by Crippen LogP contribution is 2.20. The third kappa shape index (κ3) is 1.91. The van der Waals surface area contributed by atoms with Crippen LogP contribution in [-0.4, -0.2) is 35.9 Å². The average Bonchev–Trinajstić information content (AvgIpc) is 2.92. The van der Waals surface area contributed by atoms with Gasteiger partial charge in [-0.3, -0.25) is 4.90 Å². The molecule has 0 spiro atoms. The van der Waals surface area contributed by atoms with Crippen molar-refractivity contribution in [3.8, 4) is 5.88 Å². The molecule has 1 saturated heterocycles. The predicted molar refractivity (Wildman–Crippen MR) is 61.8 cm³/mol. The maximum atomic E-state index is 11.2. The third-order valence-corrected chi connectivity index (χ3v) is 2.73. The van der Waals surface area contributed by atoms with Gasteiger partial charge in [-0.05, 0) is 6.07 Å². The molecule has 1 aromatic heterocycles. The van der Waals surface area contributed by atoms with Gasteiger partial charge >= 0.3 is 6.09 Å². The number of nitrogens with zero attached hydrogens (tertiary/aromatic N) is 1. The van der Waals surface area contributed by atoms with E-state index in [4.69, 9.17) is 9.47 Å². The second-order valence-electron chi connectivity index (χ2n) is 3.87. The molecular formula is C12H12N2O3. The molecule has 0 atom stereocenters. The van der Waals surface area contributed by atoms with Crippen LogP contribution >= 0.6 is 0 Å². The molecule has 1 fully saturated rings. The largest absolute Gasteiger partial charge is 0.458 e. The monoisotopic (exact) mass is 232 g/mol. The zero-order valence-corrected chi connectivity index (χ0v) is 9.18. The number of hydrogen-bond donors (Lipinski definition) is 1. The summed E-state index contributed by atoms with van der Waals surface area (Å²) in [5.74, 6) is 0.658. The number of nitrogens with one attached hydrogen (secondary N) is 1. The van der Waals surface area contributed by atoms with E-state index in [-0.39, 0.29) is 12.8 Å². The van der Waals surface area contributed by atoms with Crippen molar-refractivity contribution in [3.63, 3.8) is 0 Å². The number of ether oxygens (including phenoxy) is 2. The van der Waals surface area contributed by atoms with Crippen LogP contribution in [-0.2, 0) is 4.74 Å². The summed E-state index contributed by atoms with van der Waals surface area (Å²) in [6, 6.07) is 9.82. The summed E-state index contributed by atoms with van der Waals surface area (Å²) in [5.41, 5.74) is 1.02. The lowest BCUT2D eigenvalue weighted by atomic mass is 10.3. The standard InChI is InChI=1S/C12H12N2O3/c15-12-14(5-6-16-12)8-17-11-7-9-3-1-2-4-10(9)13-11/h1-4,7,13H,5-6,8H2. The van der Waals surface area contributed by atoms with Crippen molar-refractivity contribution in [2.75, 3.05) is 19.9 Å². The Morgan fingerprint density at radius 3 is 3.06 bits per heavy atom. The fourth-order valence-corrected chi connectivity index (χ4v) is 1.81. The molecule has 0 radical (unpaired) electrons. The van der Waals surface area contributed by atoms with Crippen molar-refractivity contribution in [1.82, 2.24) is 9.88 Å². The summed E-state index contributed by atoms with van der Waals surface area (Å²) in [5, 5.41) is 1.09. The SMILES string of the molecule is O=C1OCCN1COc1cc2ccccc2[nH]1. The number of H-pyrrole nitrogens is 1. The Morgan fingerprint density at radius 1 is 1.41 bits per heavy atom. The van der Waals surface area contributed by atoms with Gasteiger partial charge in [-0.15, -0.1) is 0 Å². The number of carbonyl (C=O) groups excluding carboxylic acids is 1. The van der Waals surface area contributed by atoms with Gasteiger partial charge in [-0.25, -0.2) is 4.79 Å². The summed E-state index contributed by atoms with van der Waals surface area (Å²) in [6.07, 6.45) is -0.318. The Bertz CT molecular complexity index is 516. The number of para-hydroxylation sites is 1. The van der Waals surface area contributed by atoms with E-state index in [1.807, 2.05) is 30.3 Å². The molecule has 17 heavy (non-hydrogen) atoms. The van der Waals surface area contributed by atoms with Crippen LogP contribution in [0.4, 0.5) is 4.79 Å². The summed E-state index contributed by atoms with van der Waals surface area (Å²) >= 11 is 0. The summed E-state index contributed by atoms with van der Waals surface area (Å²) in [7, 11) is 0. The van der Waals surface area contributed by atoms with E-state index in [0.29, 0.717) is 19.0 Å². The number of aromatic amines is 1. The van der Waals surface area contributed by atoms with E-state index in [9.17, 15) is 4.79 Å². The summed E-state index contributed by atoms with van der Waals surface area (Å²) in [6.45, 7) is 1.24. The van der Waals surface area contributed by atoms with E-state index in [2.05, 4.69) is 4.98 Å². The number of aromatic nitrogens is 1. The van der Waals surface area contributed by atoms with Crippen molar-refractivity contribution in [2.45, 2.75) is 0 Å². The van der Waals surface area contributed by atoms with Gasteiger partial charge in [0, 0.05) is 17.0 Å². The smallest absolute Gasteiger partial charge is 0.412 e. The average molecular weight is 232 g/mol. The lowest BCUT2D eigenvalue weighted by Gasteiger charge is -2.12. The minimum Gasteiger partial charge on any atom is -0.458 e. The Kier molecular flexibility index (Phi) is 2.36. The summed E-state index contributed by atoms with van der Waals surface area (Å²) < 4.78 is 10.3. The van der Waals surface area contributed by atoms with Crippen molar-refractivity contribution < 1.29 is 14.3 Å². The van der Waals surface area contributed by atoms with Crippen LogP contribution in [0.3, 0.4) is 0 Å². The predicted octanol–water partition coefficient (Wildman–Crippen LogP) is 1.96. The molecule has 0 bridgehead atoms. The van der Waals surface area contributed by atoms with Crippen molar-refractivity contribution in [3.05, 3.63) is 30.3 Å². The van der Waals surface area contributed by atoms with Gasteiger partial charge in [0.15, 0.2) is 12.6 Å². The molecule has 1 amide bonds. The number of amides is 1. The molecule has 1 aromatic carbocycles. The molecule has 5 nitrogen and oxygen atoms in total. The molecule has 1 N–H and O–H groups in total. The quantitative estimate of drug-likeness (QED) is 0.880. The van der Waals surface area contributed by atoms with Gasteiger partial charge in [0.05, 0.1) is 6.54 Å². The van der Waals surface area contributed by atoms with Gasteiger partial charge in [0.1, 0.15) is 6.61 Å². The highest BCUT2D eigenvalue weighted by molar-refractivity contribution is 5.81. The van der Waals surface area contributed by atoms with Crippen LogP contribution in [0.15, 0.2) is 30.3 Å². The van der Waals surface area contributed by atoms with E-state index in [1.165, 1.54) is 4.90 Å². The zero-order chi connectivity index (χ0) is 11.7. The van der Waals surface area contributed by atoms with Crippen LogP contribution in [0.2, 0.25) is 0 Å². The minimum absolute atomic E-state index is 0.214. The first kappa shape index (κ1) is 10.0. The second kappa shape index (κ2) is 4.01. The lowest BCUT2D eigenvalue weighted by molar-refractivity contribution is 0.126. The van der Waals surface area contributed by atoms with Gasteiger partial charge < -0.3 is 14.5 Å².